The summed E-state index contributed by atoms with van der Waals surface area (Å²) in [6.07, 6.45) is 0.756. The van der Waals surface area contributed by atoms with Gasteiger partial charge in [-0.1, -0.05) is 18.0 Å². The summed E-state index contributed by atoms with van der Waals surface area (Å²) in [6.45, 7) is 0. The van der Waals surface area contributed by atoms with Crippen molar-refractivity contribution < 1.29 is 23.9 Å². The van der Waals surface area contributed by atoms with Crippen LogP contribution in [0.25, 0.3) is 11.0 Å². The number of nitrogens with zero attached hydrogens (tertiary/aromatic N) is 2. The maximum atomic E-state index is 12.6. The molecule has 0 saturated heterocycles. The molecule has 1 fully saturated rings. The van der Waals surface area contributed by atoms with Crippen LogP contribution in [0.1, 0.15) is 36.2 Å². The largest absolute Gasteiger partial charge is 0.464 e. The Balaban J connectivity index is 1.81. The number of hydrogen-bond acceptors (Lipinski definition) is 5. The third kappa shape index (κ3) is 4.56. The molecule has 2 atom stereocenters. The minimum absolute atomic E-state index is 0.0736. The summed E-state index contributed by atoms with van der Waals surface area (Å²) in [5.41, 5.74) is 1.99. The molecule has 0 spiro atoms. The maximum absolute atomic E-state index is 12.6. The number of carbonyl (C=O) groups excluding carboxylic acids is 2. The Kier molecular flexibility index (Phi) is 6.31. The van der Waals surface area contributed by atoms with Gasteiger partial charge in [-0.2, -0.15) is 0 Å². The second-order valence-corrected chi connectivity index (χ2v) is 7.90. The fourth-order valence-electron chi connectivity index (χ4n) is 3.69. The van der Waals surface area contributed by atoms with Crippen molar-refractivity contribution in [2.24, 2.45) is 5.92 Å². The van der Waals surface area contributed by atoms with E-state index in [1.54, 1.807) is 14.1 Å². The average Bonchev–Trinajstić information content (AvgIpc) is 2.71. The lowest BCUT2D eigenvalue weighted by Crippen LogP contribution is -2.53. The number of carbonyl (C=O) groups is 3. The highest BCUT2D eigenvalue weighted by atomic mass is 35.5. The molecule has 1 aromatic carbocycles. The first-order valence-corrected chi connectivity index (χ1v) is 9.83. The standard InChI is InChI=1S/C20H22ClN3O6/c1-23(2)19(27)11-4-3-5-13(8-11)24(20(28)29)22-18(26)17-10-15(25)14-9-12(21)6-7-16(14)30-17/h6-7,9-11,13H,3-5,8H2,1-2H3,(H,22,26)(H,28,29)/t11-,13?/m0/s1. The summed E-state index contributed by atoms with van der Waals surface area (Å²) < 4.78 is 5.47. The minimum atomic E-state index is -1.36. The second kappa shape index (κ2) is 8.74. The van der Waals surface area contributed by atoms with Crippen molar-refractivity contribution >= 4 is 40.5 Å². The fraction of sp³-hybridized carbons (Fsp3) is 0.400. The Labute approximate surface area is 177 Å². The average molecular weight is 436 g/mol. The van der Waals surface area contributed by atoms with Crippen molar-refractivity contribution in [1.29, 1.82) is 0 Å². The number of nitrogens with one attached hydrogen (secondary N) is 1. The van der Waals surface area contributed by atoms with E-state index < -0.39 is 23.5 Å². The summed E-state index contributed by atoms with van der Waals surface area (Å²) >= 11 is 5.88. The summed E-state index contributed by atoms with van der Waals surface area (Å²) in [4.78, 5) is 50.5. The minimum Gasteiger partial charge on any atom is -0.464 e. The van der Waals surface area contributed by atoms with Gasteiger partial charge < -0.3 is 14.4 Å². The van der Waals surface area contributed by atoms with E-state index in [1.165, 1.54) is 23.1 Å². The third-order valence-electron chi connectivity index (χ3n) is 5.14. The van der Waals surface area contributed by atoms with Gasteiger partial charge in [-0.25, -0.2) is 9.80 Å². The van der Waals surface area contributed by atoms with E-state index in [0.29, 0.717) is 30.7 Å². The maximum Gasteiger partial charge on any atom is 0.426 e. The number of amides is 3. The number of benzene rings is 1. The number of carboxylic acid groups (broad SMARTS) is 1. The molecule has 3 amide bonds. The number of rotatable bonds is 3. The van der Waals surface area contributed by atoms with Crippen molar-refractivity contribution in [3.63, 3.8) is 0 Å². The lowest BCUT2D eigenvalue weighted by Gasteiger charge is -2.35. The van der Waals surface area contributed by atoms with Gasteiger partial charge in [-0.3, -0.25) is 19.8 Å². The first-order valence-electron chi connectivity index (χ1n) is 9.45. The molecule has 1 aliphatic carbocycles. The highest BCUT2D eigenvalue weighted by molar-refractivity contribution is 6.31. The van der Waals surface area contributed by atoms with Crippen molar-refractivity contribution in [2.75, 3.05) is 14.1 Å². The molecular weight excluding hydrogens is 414 g/mol. The van der Waals surface area contributed by atoms with Crippen LogP contribution < -0.4 is 10.9 Å². The molecule has 10 heteroatoms. The molecule has 1 aliphatic rings. The molecule has 3 rings (SSSR count). The topological polar surface area (TPSA) is 120 Å². The monoisotopic (exact) mass is 435 g/mol. The summed E-state index contributed by atoms with van der Waals surface area (Å²) in [5, 5.41) is 11.0. The highest BCUT2D eigenvalue weighted by Crippen LogP contribution is 2.28. The Morgan fingerprint density at radius 1 is 1.20 bits per heavy atom. The summed E-state index contributed by atoms with van der Waals surface area (Å²) in [7, 11) is 3.30. The van der Waals surface area contributed by atoms with Crippen LogP contribution in [0.2, 0.25) is 5.02 Å². The van der Waals surface area contributed by atoms with E-state index in [0.717, 1.165) is 11.1 Å². The molecule has 1 unspecified atom stereocenters. The van der Waals surface area contributed by atoms with Crippen molar-refractivity contribution in [3.05, 3.63) is 45.3 Å². The summed E-state index contributed by atoms with van der Waals surface area (Å²) in [5.74, 6) is -1.58. The predicted molar refractivity (Wildman–Crippen MR) is 109 cm³/mol. The quantitative estimate of drug-likeness (QED) is 0.715. The molecule has 2 aromatic rings. The normalized spacial score (nSPS) is 18.6. The molecule has 160 valence electrons. The van der Waals surface area contributed by atoms with Crippen LogP contribution in [0.4, 0.5) is 4.79 Å². The Morgan fingerprint density at radius 3 is 2.60 bits per heavy atom. The van der Waals surface area contributed by atoms with Crippen molar-refractivity contribution in [2.45, 2.75) is 31.7 Å². The van der Waals surface area contributed by atoms with E-state index in [2.05, 4.69) is 5.43 Å². The lowest BCUT2D eigenvalue weighted by molar-refractivity contribution is -0.134. The first-order chi connectivity index (χ1) is 14.2. The molecule has 9 nitrogen and oxygen atoms in total. The fourth-order valence-corrected chi connectivity index (χ4v) is 3.86. The number of hydrazine groups is 1. The zero-order valence-electron chi connectivity index (χ0n) is 16.6. The van der Waals surface area contributed by atoms with Crippen LogP contribution in [0, 0.1) is 5.92 Å². The van der Waals surface area contributed by atoms with Gasteiger partial charge in [0.05, 0.1) is 11.4 Å². The molecule has 30 heavy (non-hydrogen) atoms. The Bertz CT molecular complexity index is 1050. The number of fused-ring (bicyclic) bond motifs is 1. The van der Waals surface area contributed by atoms with Gasteiger partial charge >= 0.3 is 12.0 Å². The second-order valence-electron chi connectivity index (χ2n) is 7.46. The van der Waals surface area contributed by atoms with E-state index in [4.69, 9.17) is 16.0 Å². The van der Waals surface area contributed by atoms with Gasteiger partial charge in [0.15, 0.2) is 11.2 Å². The molecule has 0 aliphatic heterocycles. The van der Waals surface area contributed by atoms with Gasteiger partial charge in [-0.05, 0) is 37.5 Å². The number of halogens is 1. The lowest BCUT2D eigenvalue weighted by atomic mass is 9.84. The molecule has 1 saturated carbocycles. The van der Waals surface area contributed by atoms with Gasteiger partial charge in [0.1, 0.15) is 5.58 Å². The molecule has 1 aromatic heterocycles. The van der Waals surface area contributed by atoms with Crippen LogP contribution in [0.5, 0.6) is 0 Å². The van der Waals surface area contributed by atoms with Gasteiger partial charge in [0, 0.05) is 31.1 Å². The number of hydrogen-bond donors (Lipinski definition) is 2. The molecule has 2 N–H and O–H groups in total. The third-order valence-corrected chi connectivity index (χ3v) is 5.38. The van der Waals surface area contributed by atoms with Crippen LogP contribution in [-0.2, 0) is 4.79 Å². The molecule has 1 heterocycles. The van der Waals surface area contributed by atoms with E-state index in [-0.39, 0.29) is 28.6 Å². The predicted octanol–water partition coefficient (Wildman–Crippen LogP) is 2.72. The van der Waals surface area contributed by atoms with E-state index in [1.807, 2.05) is 0 Å². The zero-order valence-corrected chi connectivity index (χ0v) is 17.3. The highest BCUT2D eigenvalue weighted by Gasteiger charge is 2.34. The van der Waals surface area contributed by atoms with Gasteiger partial charge in [-0.15, -0.1) is 0 Å². The van der Waals surface area contributed by atoms with E-state index in [9.17, 15) is 24.3 Å². The van der Waals surface area contributed by atoms with Crippen LogP contribution in [-0.4, -0.2) is 53.1 Å². The smallest absolute Gasteiger partial charge is 0.426 e. The SMILES string of the molecule is CN(C)C(=O)[C@H]1CCCC(N(NC(=O)c2cc(=O)c3cc(Cl)ccc3o2)C(=O)O)C1. The zero-order chi connectivity index (χ0) is 22.0. The Morgan fingerprint density at radius 2 is 1.93 bits per heavy atom. The first kappa shape index (κ1) is 21.6. The van der Waals surface area contributed by atoms with Crippen molar-refractivity contribution in [3.8, 4) is 0 Å². The van der Waals surface area contributed by atoms with Crippen LogP contribution >= 0.6 is 11.6 Å². The molecule has 0 bridgehead atoms. The van der Waals surface area contributed by atoms with Crippen LogP contribution in [0.3, 0.4) is 0 Å². The summed E-state index contributed by atoms with van der Waals surface area (Å²) in [6, 6.07) is 4.83. The van der Waals surface area contributed by atoms with Crippen molar-refractivity contribution in [1.82, 2.24) is 15.3 Å². The van der Waals surface area contributed by atoms with Crippen LogP contribution in [0.15, 0.2) is 33.5 Å². The van der Waals surface area contributed by atoms with Gasteiger partial charge in [0.2, 0.25) is 5.91 Å². The van der Waals surface area contributed by atoms with Gasteiger partial charge in [0.25, 0.3) is 0 Å². The Hall–Kier alpha value is -3.07. The molecular formula is C20H22ClN3O6. The molecule has 0 radical (unpaired) electrons. The van der Waals surface area contributed by atoms with E-state index >= 15 is 0 Å².